The standard InChI is InChI=1S/C22H23FN2.C2H2O4/c23-22-7-3-4-18(15-22)16-24-10-12-25(13-11-24)17-19-8-9-20-5-1-2-6-21(20)14-19;3-1(4)2(5)6/h1-9,14-15H,10-13,16-17H2;(H,3,4)(H,5,6). The molecule has 0 spiro atoms. The molecular weight excluding hydrogens is 399 g/mol. The van der Waals surface area contributed by atoms with Crippen molar-refractivity contribution in [1.82, 2.24) is 9.80 Å². The Bertz CT molecular complexity index is 1040. The number of nitrogens with zero attached hydrogens (tertiary/aromatic N) is 2. The molecule has 1 saturated heterocycles. The number of halogens is 1. The van der Waals surface area contributed by atoms with Crippen LogP contribution < -0.4 is 0 Å². The Morgan fingerprint density at radius 1 is 0.710 bits per heavy atom. The van der Waals surface area contributed by atoms with Gasteiger partial charge in [-0.3, -0.25) is 9.80 Å². The van der Waals surface area contributed by atoms with Crippen LogP contribution >= 0.6 is 0 Å². The number of carbonyl (C=O) groups is 2. The molecule has 0 aliphatic carbocycles. The molecule has 1 aliphatic rings. The van der Waals surface area contributed by atoms with Crippen LogP contribution in [0.3, 0.4) is 0 Å². The highest BCUT2D eigenvalue weighted by Crippen LogP contribution is 2.18. The summed E-state index contributed by atoms with van der Waals surface area (Å²) < 4.78 is 13.3. The first-order valence-electron chi connectivity index (χ1n) is 10.0. The Kier molecular flexibility index (Phi) is 7.70. The van der Waals surface area contributed by atoms with Crippen molar-refractivity contribution in [3.63, 3.8) is 0 Å². The molecule has 0 bridgehead atoms. The van der Waals surface area contributed by atoms with Crippen molar-refractivity contribution >= 4 is 22.7 Å². The molecule has 0 saturated carbocycles. The maximum atomic E-state index is 13.3. The van der Waals surface area contributed by atoms with Crippen molar-refractivity contribution in [2.24, 2.45) is 0 Å². The van der Waals surface area contributed by atoms with Crippen molar-refractivity contribution in [2.75, 3.05) is 26.2 Å². The molecule has 1 fully saturated rings. The van der Waals surface area contributed by atoms with Crippen LogP contribution in [0.15, 0.2) is 66.7 Å². The zero-order chi connectivity index (χ0) is 22.2. The van der Waals surface area contributed by atoms with Gasteiger partial charge in [0, 0.05) is 39.3 Å². The number of benzene rings is 3. The highest BCUT2D eigenvalue weighted by atomic mass is 19.1. The molecule has 0 amide bonds. The summed E-state index contributed by atoms with van der Waals surface area (Å²) >= 11 is 0. The van der Waals surface area contributed by atoms with Crippen molar-refractivity contribution in [3.8, 4) is 0 Å². The molecule has 162 valence electrons. The van der Waals surface area contributed by atoms with Gasteiger partial charge in [0.1, 0.15) is 5.82 Å². The zero-order valence-electron chi connectivity index (χ0n) is 17.1. The van der Waals surface area contributed by atoms with E-state index in [4.69, 9.17) is 19.8 Å². The Labute approximate surface area is 180 Å². The zero-order valence-corrected chi connectivity index (χ0v) is 17.1. The van der Waals surface area contributed by atoms with E-state index in [-0.39, 0.29) is 5.82 Å². The van der Waals surface area contributed by atoms with E-state index in [0.717, 1.165) is 44.8 Å². The van der Waals surface area contributed by atoms with Crippen molar-refractivity contribution < 1.29 is 24.2 Å². The van der Waals surface area contributed by atoms with Gasteiger partial charge < -0.3 is 10.2 Å². The second-order valence-corrected chi connectivity index (χ2v) is 7.47. The van der Waals surface area contributed by atoms with Gasteiger partial charge in [-0.25, -0.2) is 14.0 Å². The Hall–Kier alpha value is -3.29. The highest BCUT2D eigenvalue weighted by molar-refractivity contribution is 6.27. The van der Waals surface area contributed by atoms with E-state index >= 15 is 0 Å². The van der Waals surface area contributed by atoms with Crippen LogP contribution in [0.1, 0.15) is 11.1 Å². The quantitative estimate of drug-likeness (QED) is 0.625. The van der Waals surface area contributed by atoms with Gasteiger partial charge in [-0.15, -0.1) is 0 Å². The number of hydrogen-bond donors (Lipinski definition) is 2. The average molecular weight is 424 g/mol. The van der Waals surface area contributed by atoms with E-state index in [1.807, 2.05) is 6.07 Å². The molecule has 1 heterocycles. The maximum absolute atomic E-state index is 13.3. The summed E-state index contributed by atoms with van der Waals surface area (Å²) in [6.07, 6.45) is 0. The Morgan fingerprint density at radius 2 is 1.26 bits per heavy atom. The summed E-state index contributed by atoms with van der Waals surface area (Å²) in [6, 6.07) is 22.2. The normalized spacial score (nSPS) is 14.6. The molecule has 4 rings (SSSR count). The molecule has 3 aromatic carbocycles. The Balaban J connectivity index is 0.000000401. The van der Waals surface area contributed by atoms with E-state index in [9.17, 15) is 4.39 Å². The molecule has 31 heavy (non-hydrogen) atoms. The number of piperazine rings is 1. The molecule has 2 N–H and O–H groups in total. The van der Waals surface area contributed by atoms with Gasteiger partial charge >= 0.3 is 11.9 Å². The SMILES string of the molecule is Fc1cccc(CN2CCN(Cc3ccc4ccccc4c3)CC2)c1.O=C(O)C(=O)O. The van der Waals surface area contributed by atoms with Gasteiger partial charge in [0.25, 0.3) is 0 Å². The summed E-state index contributed by atoms with van der Waals surface area (Å²) in [5, 5.41) is 17.4. The predicted octanol–water partition coefficient (Wildman–Crippen LogP) is 3.45. The van der Waals surface area contributed by atoms with E-state index in [0.29, 0.717) is 0 Å². The number of rotatable bonds is 4. The van der Waals surface area contributed by atoms with Crippen molar-refractivity contribution in [2.45, 2.75) is 13.1 Å². The lowest BCUT2D eigenvalue weighted by Gasteiger charge is -2.34. The van der Waals surface area contributed by atoms with Gasteiger partial charge in [0.15, 0.2) is 0 Å². The minimum Gasteiger partial charge on any atom is -0.473 e. The van der Waals surface area contributed by atoms with E-state index in [2.05, 4.69) is 52.3 Å². The van der Waals surface area contributed by atoms with Crippen LogP contribution in [0, 0.1) is 5.82 Å². The van der Waals surface area contributed by atoms with Crippen molar-refractivity contribution in [1.29, 1.82) is 0 Å². The maximum Gasteiger partial charge on any atom is 0.414 e. The number of carboxylic acid groups (broad SMARTS) is 2. The lowest BCUT2D eigenvalue weighted by molar-refractivity contribution is -0.159. The van der Waals surface area contributed by atoms with Gasteiger partial charge in [-0.1, -0.05) is 48.5 Å². The van der Waals surface area contributed by atoms with Crippen LogP contribution in [0.25, 0.3) is 10.8 Å². The lowest BCUT2D eigenvalue weighted by atomic mass is 10.1. The third-order valence-electron chi connectivity index (χ3n) is 5.16. The third-order valence-corrected chi connectivity index (χ3v) is 5.16. The van der Waals surface area contributed by atoms with E-state index < -0.39 is 11.9 Å². The second-order valence-electron chi connectivity index (χ2n) is 7.47. The van der Waals surface area contributed by atoms with E-state index in [1.54, 1.807) is 12.1 Å². The minimum atomic E-state index is -1.82. The average Bonchev–Trinajstić information content (AvgIpc) is 2.75. The molecule has 3 aromatic rings. The number of fused-ring (bicyclic) bond motifs is 1. The van der Waals surface area contributed by atoms with Gasteiger partial charge in [0.2, 0.25) is 0 Å². The second kappa shape index (κ2) is 10.7. The number of carboxylic acids is 2. The highest BCUT2D eigenvalue weighted by Gasteiger charge is 2.17. The van der Waals surface area contributed by atoms with Gasteiger partial charge in [-0.2, -0.15) is 0 Å². The summed E-state index contributed by atoms with van der Waals surface area (Å²) in [7, 11) is 0. The first kappa shape index (κ1) is 22.4. The third kappa shape index (κ3) is 6.87. The fourth-order valence-electron chi connectivity index (χ4n) is 3.59. The Morgan fingerprint density at radius 3 is 1.81 bits per heavy atom. The topological polar surface area (TPSA) is 81.1 Å². The monoisotopic (exact) mass is 424 g/mol. The van der Waals surface area contributed by atoms with Crippen LogP contribution in [0.2, 0.25) is 0 Å². The van der Waals surface area contributed by atoms with Crippen LogP contribution in [0.5, 0.6) is 0 Å². The smallest absolute Gasteiger partial charge is 0.414 e. The molecule has 0 atom stereocenters. The lowest BCUT2D eigenvalue weighted by Crippen LogP contribution is -2.45. The summed E-state index contributed by atoms with van der Waals surface area (Å²) in [5.74, 6) is -3.79. The number of aliphatic carboxylic acids is 2. The molecule has 0 radical (unpaired) electrons. The molecule has 6 nitrogen and oxygen atoms in total. The largest absolute Gasteiger partial charge is 0.473 e. The van der Waals surface area contributed by atoms with E-state index in [1.165, 1.54) is 22.4 Å². The molecule has 0 aromatic heterocycles. The summed E-state index contributed by atoms with van der Waals surface area (Å²) in [5.41, 5.74) is 2.43. The first-order valence-corrected chi connectivity index (χ1v) is 10.0. The van der Waals surface area contributed by atoms with Gasteiger partial charge in [-0.05, 0) is 40.1 Å². The number of hydrogen-bond acceptors (Lipinski definition) is 4. The first-order chi connectivity index (χ1) is 14.9. The van der Waals surface area contributed by atoms with Crippen LogP contribution in [-0.2, 0) is 22.7 Å². The predicted molar refractivity (Wildman–Crippen MR) is 116 cm³/mol. The van der Waals surface area contributed by atoms with Crippen LogP contribution in [-0.4, -0.2) is 58.1 Å². The summed E-state index contributed by atoms with van der Waals surface area (Å²) in [4.78, 5) is 23.1. The molecule has 7 heteroatoms. The molecule has 1 aliphatic heterocycles. The van der Waals surface area contributed by atoms with Crippen LogP contribution in [0.4, 0.5) is 4.39 Å². The van der Waals surface area contributed by atoms with Gasteiger partial charge in [0.05, 0.1) is 0 Å². The molecule has 0 unspecified atom stereocenters. The fraction of sp³-hybridized carbons (Fsp3) is 0.250. The van der Waals surface area contributed by atoms with Crippen molar-refractivity contribution in [3.05, 3.63) is 83.7 Å². The fourth-order valence-corrected chi connectivity index (χ4v) is 3.59. The minimum absolute atomic E-state index is 0.146. The summed E-state index contributed by atoms with van der Waals surface area (Å²) in [6.45, 7) is 6.01. The molecular formula is C24H25FN2O4.